The van der Waals surface area contributed by atoms with Gasteiger partial charge in [0.05, 0.1) is 17.9 Å². The zero-order chi connectivity index (χ0) is 30.5. The lowest BCUT2D eigenvalue weighted by molar-refractivity contribution is -0.138. The molecule has 230 valence electrons. The number of carbonyl (C=O) groups excluding carboxylic acids is 1. The second-order valence-corrected chi connectivity index (χ2v) is 12.4. The van der Waals surface area contributed by atoms with E-state index in [1.807, 2.05) is 0 Å². The molecule has 2 aliphatic rings. The van der Waals surface area contributed by atoms with Crippen LogP contribution in [0.5, 0.6) is 0 Å². The number of likely N-dealkylation sites (tertiary alicyclic amines) is 1. The Labute approximate surface area is 243 Å². The van der Waals surface area contributed by atoms with Crippen LogP contribution in [0, 0.1) is 0 Å². The normalized spacial score (nSPS) is 18.6. The van der Waals surface area contributed by atoms with Gasteiger partial charge in [0.25, 0.3) is 5.91 Å². The van der Waals surface area contributed by atoms with Crippen LogP contribution in [0.2, 0.25) is 0 Å². The van der Waals surface area contributed by atoms with Crippen molar-refractivity contribution in [3.8, 4) is 0 Å². The molecule has 0 spiro atoms. The van der Waals surface area contributed by atoms with Crippen molar-refractivity contribution in [3.63, 3.8) is 0 Å². The number of piperidine rings is 1. The topological polar surface area (TPSA) is 135 Å². The number of phosphoric ester groups is 1. The van der Waals surface area contributed by atoms with Crippen molar-refractivity contribution in [2.45, 2.75) is 76.1 Å². The number of hydrogen-bond donors (Lipinski definition) is 3. The van der Waals surface area contributed by atoms with Gasteiger partial charge in [-0.1, -0.05) is 48.7 Å². The quantitative estimate of drug-likeness (QED) is 0.187. The van der Waals surface area contributed by atoms with Crippen LogP contribution in [-0.2, 0) is 26.7 Å². The largest absolute Gasteiger partial charge is 0.469 e. The van der Waals surface area contributed by atoms with E-state index in [1.165, 1.54) is 0 Å². The third-order valence-corrected chi connectivity index (χ3v) is 8.48. The fraction of sp³-hybridized carbons (Fsp3) is 0.517. The number of rotatable bonds is 9. The number of amides is 1. The maximum atomic E-state index is 13.8. The molecule has 0 bridgehead atoms. The van der Waals surface area contributed by atoms with Crippen molar-refractivity contribution >= 4 is 19.4 Å². The summed E-state index contributed by atoms with van der Waals surface area (Å²) in [6.45, 7) is 1.92. The predicted molar refractivity (Wildman–Crippen MR) is 151 cm³/mol. The molecule has 1 amide bonds. The molecule has 13 heteroatoms. The first-order valence-corrected chi connectivity index (χ1v) is 15.5. The van der Waals surface area contributed by atoms with Gasteiger partial charge in [-0.05, 0) is 73.4 Å². The number of nitrogens with two attached hydrogens (primary N) is 1. The minimum absolute atomic E-state index is 0.0697. The van der Waals surface area contributed by atoms with Crippen LogP contribution < -0.4 is 5.73 Å². The molecular formula is C29H37F3N3O6P. The van der Waals surface area contributed by atoms with Crippen LogP contribution in [0.25, 0.3) is 0 Å². The van der Waals surface area contributed by atoms with E-state index < -0.39 is 25.1 Å². The molecule has 0 radical (unpaired) electrons. The molecule has 1 heterocycles. The monoisotopic (exact) mass is 611 g/mol. The molecule has 1 saturated heterocycles. The summed E-state index contributed by atoms with van der Waals surface area (Å²) in [7, 11) is -4.63. The standard InChI is InChI=1S/C29H37F3N3O6P/c1-20(34-40-18-21-7-12-25(23-5-3-2-4-6-23)26(17-21)29(30,31)32)22-8-10-24(11-9-22)27(36)35-15-13-28(33,14-16-35)19-41-42(37,38)39/h7-12,17,23H,2-6,13-16,18-19,33H2,1H3,(H2,37,38,39)/b34-20+. The molecule has 2 aromatic carbocycles. The maximum absolute atomic E-state index is 13.8. The molecule has 1 aliphatic carbocycles. The summed E-state index contributed by atoms with van der Waals surface area (Å²) in [6, 6.07) is 11.1. The van der Waals surface area contributed by atoms with Gasteiger partial charge in [0.1, 0.15) is 6.61 Å². The summed E-state index contributed by atoms with van der Waals surface area (Å²) in [5.41, 5.74) is 7.03. The number of halogens is 3. The minimum Gasteiger partial charge on any atom is -0.391 e. The van der Waals surface area contributed by atoms with Gasteiger partial charge >= 0.3 is 14.0 Å². The van der Waals surface area contributed by atoms with E-state index in [9.17, 15) is 22.5 Å². The second-order valence-electron chi connectivity index (χ2n) is 11.2. The number of phosphoric acid groups is 1. The number of nitrogens with zero attached hydrogens (tertiary/aromatic N) is 2. The highest BCUT2D eigenvalue weighted by Crippen LogP contribution is 2.41. The van der Waals surface area contributed by atoms with Crippen molar-refractivity contribution in [1.82, 2.24) is 4.90 Å². The van der Waals surface area contributed by atoms with Crippen molar-refractivity contribution in [2.24, 2.45) is 10.9 Å². The second kappa shape index (κ2) is 13.3. The molecule has 1 aliphatic heterocycles. The SMILES string of the molecule is C/C(=N\OCc1ccc(C2CCCCC2)c(C(F)(F)F)c1)c1ccc(C(=O)N2CCC(N)(COP(=O)(O)O)CC2)cc1. The van der Waals surface area contributed by atoms with Crippen molar-refractivity contribution in [2.75, 3.05) is 19.7 Å². The fourth-order valence-corrected chi connectivity index (χ4v) is 5.94. The van der Waals surface area contributed by atoms with Gasteiger partial charge in [0.15, 0.2) is 0 Å². The molecule has 4 rings (SSSR count). The van der Waals surface area contributed by atoms with Gasteiger partial charge in [-0.3, -0.25) is 9.32 Å². The lowest BCUT2D eigenvalue weighted by atomic mass is 9.81. The Balaban J connectivity index is 1.33. The predicted octanol–water partition coefficient (Wildman–Crippen LogP) is 5.74. The first kappa shape index (κ1) is 32.2. The Morgan fingerprint density at radius 2 is 1.69 bits per heavy atom. The molecule has 4 N–H and O–H groups in total. The molecule has 2 fully saturated rings. The van der Waals surface area contributed by atoms with E-state index in [-0.39, 0.29) is 25.0 Å². The Morgan fingerprint density at radius 3 is 2.29 bits per heavy atom. The van der Waals surface area contributed by atoms with Crippen LogP contribution in [0.4, 0.5) is 13.2 Å². The summed E-state index contributed by atoms with van der Waals surface area (Å²) in [5.74, 6) is -0.276. The lowest BCUT2D eigenvalue weighted by Gasteiger charge is -2.38. The fourth-order valence-electron chi connectivity index (χ4n) is 5.51. The number of alkyl halides is 3. The molecule has 2 aromatic rings. The van der Waals surface area contributed by atoms with Gasteiger partial charge in [0, 0.05) is 24.2 Å². The average molecular weight is 612 g/mol. The van der Waals surface area contributed by atoms with Crippen LogP contribution in [0.1, 0.15) is 90.4 Å². The molecule has 0 unspecified atom stereocenters. The van der Waals surface area contributed by atoms with Gasteiger partial charge in [-0.15, -0.1) is 0 Å². The molecule has 0 aromatic heterocycles. The Morgan fingerprint density at radius 1 is 1.07 bits per heavy atom. The molecule has 1 saturated carbocycles. The van der Waals surface area contributed by atoms with Crippen molar-refractivity contribution in [1.29, 1.82) is 0 Å². The number of oxime groups is 1. The van der Waals surface area contributed by atoms with Crippen LogP contribution >= 0.6 is 7.82 Å². The van der Waals surface area contributed by atoms with E-state index in [2.05, 4.69) is 9.68 Å². The molecule has 9 nitrogen and oxygen atoms in total. The van der Waals surface area contributed by atoms with Crippen LogP contribution in [0.15, 0.2) is 47.6 Å². The third kappa shape index (κ3) is 8.64. The van der Waals surface area contributed by atoms with E-state index in [0.717, 1.165) is 38.2 Å². The zero-order valence-electron chi connectivity index (χ0n) is 23.5. The van der Waals surface area contributed by atoms with E-state index in [0.29, 0.717) is 53.9 Å². The molecule has 0 atom stereocenters. The first-order valence-electron chi connectivity index (χ1n) is 14.0. The summed E-state index contributed by atoms with van der Waals surface area (Å²) < 4.78 is 57.0. The van der Waals surface area contributed by atoms with Gasteiger partial charge in [-0.2, -0.15) is 13.2 Å². The maximum Gasteiger partial charge on any atom is 0.469 e. The summed E-state index contributed by atoms with van der Waals surface area (Å²) in [6.07, 6.45) is 0.721. The minimum atomic E-state index is -4.63. The highest BCUT2D eigenvalue weighted by atomic mass is 31.2. The highest BCUT2D eigenvalue weighted by Gasteiger charge is 2.36. The van der Waals surface area contributed by atoms with Gasteiger partial charge in [0.2, 0.25) is 0 Å². The average Bonchev–Trinajstić information content (AvgIpc) is 2.96. The summed E-state index contributed by atoms with van der Waals surface area (Å²) in [5, 5.41) is 4.07. The highest BCUT2D eigenvalue weighted by molar-refractivity contribution is 7.46. The van der Waals surface area contributed by atoms with Gasteiger partial charge < -0.3 is 25.3 Å². The third-order valence-electron chi connectivity index (χ3n) is 8.02. The Hall–Kier alpha value is -2.76. The smallest absolute Gasteiger partial charge is 0.391 e. The number of hydrogen-bond acceptors (Lipinski definition) is 6. The van der Waals surface area contributed by atoms with E-state index in [1.54, 1.807) is 48.2 Å². The van der Waals surface area contributed by atoms with Crippen molar-refractivity contribution < 1.29 is 41.7 Å². The van der Waals surface area contributed by atoms with E-state index >= 15 is 0 Å². The van der Waals surface area contributed by atoms with Crippen LogP contribution in [-0.4, -0.2) is 51.5 Å². The summed E-state index contributed by atoms with van der Waals surface area (Å²) in [4.78, 5) is 37.8. The molecular weight excluding hydrogens is 574 g/mol. The van der Waals surface area contributed by atoms with Crippen LogP contribution in [0.3, 0.4) is 0 Å². The van der Waals surface area contributed by atoms with E-state index in [4.69, 9.17) is 20.4 Å². The van der Waals surface area contributed by atoms with Crippen molar-refractivity contribution in [3.05, 3.63) is 70.3 Å². The molecule has 42 heavy (non-hydrogen) atoms. The summed E-state index contributed by atoms with van der Waals surface area (Å²) >= 11 is 0. The zero-order valence-corrected chi connectivity index (χ0v) is 24.4. The number of carbonyl (C=O) groups is 1. The number of benzene rings is 2. The first-order chi connectivity index (χ1) is 19.7. The Kier molecular flexibility index (Phi) is 10.2. The lowest BCUT2D eigenvalue weighted by Crippen LogP contribution is -2.54. The van der Waals surface area contributed by atoms with Gasteiger partial charge in [-0.25, -0.2) is 4.57 Å². The Bertz CT molecular complexity index is 1310.